The van der Waals surface area contributed by atoms with Gasteiger partial charge in [-0.25, -0.2) is 0 Å². The molecule has 1 aromatic carbocycles. The molecule has 0 aliphatic rings. The predicted molar refractivity (Wildman–Crippen MR) is 62.9 cm³/mol. The molecule has 3 N–H and O–H groups in total. The third kappa shape index (κ3) is 3.64. The van der Waals surface area contributed by atoms with Crippen molar-refractivity contribution in [2.75, 3.05) is 13.7 Å². The zero-order valence-electron chi connectivity index (χ0n) is 9.64. The Bertz CT molecular complexity index is 325. The normalized spacial score (nSPS) is 14.2. The molecule has 0 saturated carbocycles. The third-order valence-corrected chi connectivity index (χ3v) is 2.17. The van der Waals surface area contributed by atoms with E-state index in [2.05, 4.69) is 5.32 Å². The second kappa shape index (κ2) is 6.25. The first-order valence-electron chi connectivity index (χ1n) is 5.26. The SMILES string of the molecule is COC(C(=O)NCC(C)N)c1ccccc1. The Morgan fingerprint density at radius 3 is 2.56 bits per heavy atom. The van der Waals surface area contributed by atoms with E-state index in [1.54, 1.807) is 0 Å². The number of amides is 1. The first-order valence-corrected chi connectivity index (χ1v) is 5.26. The van der Waals surface area contributed by atoms with Gasteiger partial charge in [-0.15, -0.1) is 0 Å². The van der Waals surface area contributed by atoms with E-state index < -0.39 is 6.10 Å². The maximum Gasteiger partial charge on any atom is 0.253 e. The van der Waals surface area contributed by atoms with Gasteiger partial charge in [0.15, 0.2) is 6.10 Å². The van der Waals surface area contributed by atoms with E-state index in [4.69, 9.17) is 10.5 Å². The monoisotopic (exact) mass is 222 g/mol. The molecule has 4 heteroatoms. The lowest BCUT2D eigenvalue weighted by molar-refractivity contribution is -0.131. The summed E-state index contributed by atoms with van der Waals surface area (Å²) >= 11 is 0. The van der Waals surface area contributed by atoms with Crippen molar-refractivity contribution in [3.63, 3.8) is 0 Å². The molecule has 0 aliphatic carbocycles. The highest BCUT2D eigenvalue weighted by molar-refractivity contribution is 5.82. The van der Waals surface area contributed by atoms with Crippen LogP contribution in [0.4, 0.5) is 0 Å². The van der Waals surface area contributed by atoms with Gasteiger partial charge in [-0.05, 0) is 12.5 Å². The van der Waals surface area contributed by atoms with Gasteiger partial charge in [0.1, 0.15) is 0 Å². The van der Waals surface area contributed by atoms with Crippen LogP contribution in [0.3, 0.4) is 0 Å². The Labute approximate surface area is 95.8 Å². The summed E-state index contributed by atoms with van der Waals surface area (Å²) in [7, 11) is 1.52. The van der Waals surface area contributed by atoms with E-state index in [0.29, 0.717) is 6.54 Å². The number of rotatable bonds is 5. The molecular formula is C12H18N2O2. The molecule has 0 aromatic heterocycles. The van der Waals surface area contributed by atoms with Crippen molar-refractivity contribution in [3.8, 4) is 0 Å². The van der Waals surface area contributed by atoms with Gasteiger partial charge in [0, 0.05) is 19.7 Å². The van der Waals surface area contributed by atoms with Crippen LogP contribution in [0.25, 0.3) is 0 Å². The number of hydrogen-bond acceptors (Lipinski definition) is 3. The summed E-state index contributed by atoms with van der Waals surface area (Å²) in [5.74, 6) is -0.161. The standard InChI is InChI=1S/C12H18N2O2/c1-9(13)8-14-12(15)11(16-2)10-6-4-3-5-7-10/h3-7,9,11H,8,13H2,1-2H3,(H,14,15). The van der Waals surface area contributed by atoms with E-state index in [9.17, 15) is 4.79 Å². The molecule has 0 bridgehead atoms. The second-order valence-corrected chi connectivity index (χ2v) is 3.75. The van der Waals surface area contributed by atoms with Gasteiger partial charge in [0.25, 0.3) is 5.91 Å². The number of carbonyl (C=O) groups is 1. The molecule has 1 rings (SSSR count). The molecule has 0 aliphatic heterocycles. The number of hydrogen-bond donors (Lipinski definition) is 2. The van der Waals surface area contributed by atoms with Crippen molar-refractivity contribution in [2.24, 2.45) is 5.73 Å². The van der Waals surface area contributed by atoms with E-state index in [1.807, 2.05) is 37.3 Å². The summed E-state index contributed by atoms with van der Waals surface area (Å²) < 4.78 is 5.18. The zero-order valence-corrected chi connectivity index (χ0v) is 9.64. The molecule has 0 spiro atoms. The second-order valence-electron chi connectivity index (χ2n) is 3.75. The number of nitrogens with two attached hydrogens (primary N) is 1. The fraction of sp³-hybridized carbons (Fsp3) is 0.417. The molecule has 1 amide bonds. The highest BCUT2D eigenvalue weighted by Crippen LogP contribution is 2.15. The Morgan fingerprint density at radius 2 is 2.06 bits per heavy atom. The van der Waals surface area contributed by atoms with Crippen molar-refractivity contribution < 1.29 is 9.53 Å². The van der Waals surface area contributed by atoms with Gasteiger partial charge in [-0.3, -0.25) is 4.79 Å². The van der Waals surface area contributed by atoms with Gasteiger partial charge in [0.05, 0.1) is 0 Å². The minimum Gasteiger partial charge on any atom is -0.367 e. The Hall–Kier alpha value is -1.39. The van der Waals surface area contributed by atoms with Gasteiger partial charge in [-0.2, -0.15) is 0 Å². The molecular weight excluding hydrogens is 204 g/mol. The van der Waals surface area contributed by atoms with Crippen LogP contribution in [-0.4, -0.2) is 25.6 Å². The van der Waals surface area contributed by atoms with Crippen LogP contribution < -0.4 is 11.1 Å². The molecule has 88 valence electrons. The number of ether oxygens (including phenoxy) is 1. The van der Waals surface area contributed by atoms with Crippen molar-refractivity contribution in [1.29, 1.82) is 0 Å². The third-order valence-electron chi connectivity index (χ3n) is 2.17. The molecule has 16 heavy (non-hydrogen) atoms. The Balaban J connectivity index is 2.64. The van der Waals surface area contributed by atoms with Crippen LogP contribution in [0.2, 0.25) is 0 Å². The summed E-state index contributed by atoms with van der Waals surface area (Å²) in [5.41, 5.74) is 6.41. The fourth-order valence-corrected chi connectivity index (χ4v) is 1.38. The Morgan fingerprint density at radius 1 is 1.44 bits per heavy atom. The quantitative estimate of drug-likeness (QED) is 0.776. The lowest BCUT2D eigenvalue weighted by atomic mass is 10.1. The largest absolute Gasteiger partial charge is 0.367 e. The van der Waals surface area contributed by atoms with Crippen molar-refractivity contribution in [3.05, 3.63) is 35.9 Å². The molecule has 0 fully saturated rings. The van der Waals surface area contributed by atoms with Crippen molar-refractivity contribution in [1.82, 2.24) is 5.32 Å². The smallest absolute Gasteiger partial charge is 0.253 e. The molecule has 2 atom stereocenters. The Kier molecular flexibility index (Phi) is 4.95. The van der Waals surface area contributed by atoms with Crippen LogP contribution in [0.15, 0.2) is 30.3 Å². The van der Waals surface area contributed by atoms with Crippen LogP contribution in [0.1, 0.15) is 18.6 Å². The summed E-state index contributed by atoms with van der Waals surface area (Å²) in [4.78, 5) is 11.8. The van der Waals surface area contributed by atoms with E-state index in [1.165, 1.54) is 7.11 Å². The van der Waals surface area contributed by atoms with E-state index in [-0.39, 0.29) is 11.9 Å². The average Bonchev–Trinajstić information content (AvgIpc) is 2.29. The van der Waals surface area contributed by atoms with Gasteiger partial charge >= 0.3 is 0 Å². The maximum absolute atomic E-state index is 11.8. The highest BCUT2D eigenvalue weighted by atomic mass is 16.5. The minimum absolute atomic E-state index is 0.0581. The molecule has 0 saturated heterocycles. The number of benzene rings is 1. The topological polar surface area (TPSA) is 64.3 Å². The summed E-state index contributed by atoms with van der Waals surface area (Å²) in [6.07, 6.45) is -0.569. The summed E-state index contributed by atoms with van der Waals surface area (Å²) in [6.45, 7) is 2.29. The fourth-order valence-electron chi connectivity index (χ4n) is 1.38. The minimum atomic E-state index is -0.569. The highest BCUT2D eigenvalue weighted by Gasteiger charge is 2.19. The van der Waals surface area contributed by atoms with Gasteiger partial charge in [0.2, 0.25) is 0 Å². The maximum atomic E-state index is 11.8. The van der Waals surface area contributed by atoms with Crippen LogP contribution in [0.5, 0.6) is 0 Å². The molecule has 0 heterocycles. The van der Waals surface area contributed by atoms with Crippen LogP contribution >= 0.6 is 0 Å². The summed E-state index contributed by atoms with van der Waals surface area (Å²) in [6, 6.07) is 9.31. The summed E-state index contributed by atoms with van der Waals surface area (Å²) in [5, 5.41) is 2.74. The molecule has 4 nitrogen and oxygen atoms in total. The van der Waals surface area contributed by atoms with Crippen molar-refractivity contribution >= 4 is 5.91 Å². The number of carbonyl (C=O) groups excluding carboxylic acids is 1. The van der Waals surface area contributed by atoms with E-state index in [0.717, 1.165) is 5.56 Å². The van der Waals surface area contributed by atoms with Crippen LogP contribution in [-0.2, 0) is 9.53 Å². The average molecular weight is 222 g/mol. The first-order chi connectivity index (χ1) is 7.65. The number of nitrogens with one attached hydrogen (secondary N) is 1. The molecule has 1 aromatic rings. The molecule has 0 radical (unpaired) electrons. The van der Waals surface area contributed by atoms with Crippen LogP contribution in [0, 0.1) is 0 Å². The van der Waals surface area contributed by atoms with Gasteiger partial charge < -0.3 is 15.8 Å². The van der Waals surface area contributed by atoms with Gasteiger partial charge in [-0.1, -0.05) is 30.3 Å². The first kappa shape index (κ1) is 12.7. The van der Waals surface area contributed by atoms with E-state index >= 15 is 0 Å². The molecule has 2 unspecified atom stereocenters. The lowest BCUT2D eigenvalue weighted by Crippen LogP contribution is -2.38. The predicted octanol–water partition coefficient (Wildman–Crippen LogP) is 0.838. The zero-order chi connectivity index (χ0) is 12.0. The lowest BCUT2D eigenvalue weighted by Gasteiger charge is -2.16. The number of methoxy groups -OCH3 is 1. The van der Waals surface area contributed by atoms with Crippen molar-refractivity contribution in [2.45, 2.75) is 19.1 Å².